The smallest absolute Gasteiger partial charge is 0.230 e. The number of hydrogen-bond acceptors (Lipinski definition) is 5. The predicted octanol–water partition coefficient (Wildman–Crippen LogP) is -1.80. The first-order valence-electron chi connectivity index (χ1n) is 4.16. The highest BCUT2D eigenvalue weighted by Gasteiger charge is 2.38. The number of carbonyl (C=O) groups is 1. The highest BCUT2D eigenvalue weighted by Crippen LogP contribution is 2.20. The summed E-state index contributed by atoms with van der Waals surface area (Å²) in [5.74, 6) is -0.0862. The lowest BCUT2D eigenvalue weighted by Gasteiger charge is -2.11. The number of rotatable bonds is 2. The molecule has 2 rings (SSSR count). The molecule has 0 bridgehead atoms. The number of amides is 1. The van der Waals surface area contributed by atoms with Crippen molar-refractivity contribution in [3.63, 3.8) is 0 Å². The van der Waals surface area contributed by atoms with E-state index >= 15 is 0 Å². The van der Waals surface area contributed by atoms with Crippen LogP contribution in [0.3, 0.4) is 0 Å². The Kier molecular flexibility index (Phi) is 2.20. The average Bonchev–Trinajstić information content (AvgIpc) is 2.69. The normalized spacial score (nSPS) is 22.3. The van der Waals surface area contributed by atoms with Crippen molar-refractivity contribution in [1.29, 1.82) is 0 Å². The summed E-state index contributed by atoms with van der Waals surface area (Å²) in [7, 11) is -3.68. The Morgan fingerprint density at radius 2 is 2.33 bits per heavy atom. The van der Waals surface area contributed by atoms with E-state index in [9.17, 15) is 13.2 Å². The Bertz CT molecular complexity index is 467. The van der Waals surface area contributed by atoms with E-state index in [1.165, 1.54) is 11.2 Å². The molecule has 0 aliphatic carbocycles. The summed E-state index contributed by atoms with van der Waals surface area (Å²) in [5.41, 5.74) is 0. The van der Waals surface area contributed by atoms with Gasteiger partial charge < -0.3 is 0 Å². The van der Waals surface area contributed by atoms with E-state index in [2.05, 4.69) is 15.2 Å². The summed E-state index contributed by atoms with van der Waals surface area (Å²) in [6, 6.07) is 0. The van der Waals surface area contributed by atoms with Gasteiger partial charge in [0, 0.05) is 13.0 Å². The molecule has 0 aromatic carbocycles. The molecule has 1 aliphatic heterocycles. The molecular weight excluding hydrogens is 222 g/mol. The Labute approximate surface area is 85.5 Å². The molecule has 82 valence electrons. The zero-order chi connectivity index (χ0) is 11.1. The van der Waals surface area contributed by atoms with Gasteiger partial charge in [-0.15, -0.1) is 0 Å². The van der Waals surface area contributed by atoms with E-state index in [4.69, 9.17) is 5.14 Å². The fraction of sp³-hybridized carbons (Fsp3) is 0.500. The van der Waals surface area contributed by atoms with Crippen LogP contribution >= 0.6 is 0 Å². The molecule has 9 heteroatoms. The van der Waals surface area contributed by atoms with Crippen molar-refractivity contribution in [2.75, 3.05) is 11.4 Å². The Morgan fingerprint density at radius 1 is 1.60 bits per heavy atom. The minimum atomic E-state index is -3.68. The van der Waals surface area contributed by atoms with Crippen molar-refractivity contribution in [3.8, 4) is 0 Å². The van der Waals surface area contributed by atoms with Crippen LogP contribution in [0.4, 0.5) is 5.95 Å². The van der Waals surface area contributed by atoms with Crippen LogP contribution in [0.2, 0.25) is 0 Å². The van der Waals surface area contributed by atoms with Crippen LogP contribution in [-0.2, 0) is 14.8 Å². The van der Waals surface area contributed by atoms with Crippen LogP contribution in [0.25, 0.3) is 0 Å². The molecule has 1 atom stereocenters. The Morgan fingerprint density at radius 3 is 2.80 bits per heavy atom. The zero-order valence-electron chi connectivity index (χ0n) is 7.62. The highest BCUT2D eigenvalue weighted by atomic mass is 32.2. The molecule has 1 aliphatic rings. The predicted molar refractivity (Wildman–Crippen MR) is 50.2 cm³/mol. The van der Waals surface area contributed by atoms with E-state index in [1.807, 2.05) is 0 Å². The third kappa shape index (κ3) is 1.83. The fourth-order valence-corrected chi connectivity index (χ4v) is 2.16. The quantitative estimate of drug-likeness (QED) is 0.621. The lowest BCUT2D eigenvalue weighted by molar-refractivity contribution is -0.117. The van der Waals surface area contributed by atoms with Crippen molar-refractivity contribution in [2.24, 2.45) is 5.14 Å². The number of nitrogens with two attached hydrogens (primary N) is 1. The van der Waals surface area contributed by atoms with Gasteiger partial charge in [0.2, 0.25) is 21.9 Å². The number of primary sulfonamides is 1. The number of nitrogens with one attached hydrogen (secondary N) is 1. The summed E-state index contributed by atoms with van der Waals surface area (Å²) >= 11 is 0. The van der Waals surface area contributed by atoms with E-state index in [1.54, 1.807) is 0 Å². The van der Waals surface area contributed by atoms with Gasteiger partial charge in [0.25, 0.3) is 0 Å². The second-order valence-electron chi connectivity index (χ2n) is 3.23. The highest BCUT2D eigenvalue weighted by molar-refractivity contribution is 7.89. The molecule has 1 amide bonds. The van der Waals surface area contributed by atoms with Gasteiger partial charge in [-0.05, 0) is 0 Å². The molecule has 1 unspecified atom stereocenters. The number of anilines is 1. The summed E-state index contributed by atoms with van der Waals surface area (Å²) in [6.45, 7) is 0.0207. The number of aromatic amines is 1. The molecule has 0 spiro atoms. The number of nitrogens with zero attached hydrogens (tertiary/aromatic N) is 3. The molecule has 2 heterocycles. The van der Waals surface area contributed by atoms with Crippen LogP contribution in [-0.4, -0.2) is 41.3 Å². The van der Waals surface area contributed by atoms with Crippen molar-refractivity contribution in [1.82, 2.24) is 15.2 Å². The molecule has 8 nitrogen and oxygen atoms in total. The summed E-state index contributed by atoms with van der Waals surface area (Å²) in [5, 5.41) is 10.2. The molecule has 15 heavy (non-hydrogen) atoms. The van der Waals surface area contributed by atoms with Crippen LogP contribution in [0.5, 0.6) is 0 Å². The van der Waals surface area contributed by atoms with E-state index in [-0.39, 0.29) is 24.8 Å². The van der Waals surface area contributed by atoms with Crippen molar-refractivity contribution in [3.05, 3.63) is 6.33 Å². The summed E-state index contributed by atoms with van der Waals surface area (Å²) in [6.07, 6.45) is 1.13. The first-order valence-corrected chi connectivity index (χ1v) is 5.77. The van der Waals surface area contributed by atoms with Gasteiger partial charge in [-0.3, -0.25) is 9.69 Å². The third-order valence-corrected chi connectivity index (χ3v) is 3.46. The molecule has 0 radical (unpaired) electrons. The van der Waals surface area contributed by atoms with Gasteiger partial charge in [-0.2, -0.15) is 10.1 Å². The molecule has 1 saturated heterocycles. The second-order valence-corrected chi connectivity index (χ2v) is 5.07. The maximum absolute atomic E-state index is 11.4. The van der Waals surface area contributed by atoms with Crippen LogP contribution in [0.15, 0.2) is 6.33 Å². The standard InChI is InChI=1S/C6H9N5O3S/c7-15(13,14)4-1-5(12)11(2-4)6-8-3-9-10-6/h3-4H,1-2H2,(H2,7,13,14)(H,8,9,10). The van der Waals surface area contributed by atoms with Gasteiger partial charge >= 0.3 is 0 Å². The lowest BCUT2D eigenvalue weighted by atomic mass is 10.4. The molecule has 3 N–H and O–H groups in total. The van der Waals surface area contributed by atoms with E-state index < -0.39 is 15.3 Å². The number of sulfonamides is 1. The molecule has 0 saturated carbocycles. The Hall–Kier alpha value is -1.48. The number of aromatic nitrogens is 3. The van der Waals surface area contributed by atoms with Gasteiger partial charge in [0.15, 0.2) is 0 Å². The topological polar surface area (TPSA) is 122 Å². The monoisotopic (exact) mass is 231 g/mol. The summed E-state index contributed by atoms with van der Waals surface area (Å²) in [4.78, 5) is 16.4. The molecule has 1 aromatic heterocycles. The van der Waals surface area contributed by atoms with Gasteiger partial charge in [-0.25, -0.2) is 18.7 Å². The summed E-state index contributed by atoms with van der Waals surface area (Å²) < 4.78 is 22.1. The van der Waals surface area contributed by atoms with Crippen LogP contribution in [0, 0.1) is 0 Å². The number of hydrogen-bond donors (Lipinski definition) is 2. The minimum Gasteiger partial charge on any atom is -0.280 e. The zero-order valence-corrected chi connectivity index (χ0v) is 8.44. The molecule has 1 aromatic rings. The largest absolute Gasteiger partial charge is 0.280 e. The fourth-order valence-electron chi connectivity index (χ4n) is 1.43. The van der Waals surface area contributed by atoms with Crippen LogP contribution in [0.1, 0.15) is 6.42 Å². The number of carbonyl (C=O) groups excluding carboxylic acids is 1. The van der Waals surface area contributed by atoms with E-state index in [0.29, 0.717) is 0 Å². The Balaban J connectivity index is 2.23. The van der Waals surface area contributed by atoms with Crippen molar-refractivity contribution < 1.29 is 13.2 Å². The molecule has 1 fully saturated rings. The van der Waals surface area contributed by atoms with Gasteiger partial charge in [0.1, 0.15) is 11.6 Å². The van der Waals surface area contributed by atoms with Crippen LogP contribution < -0.4 is 10.0 Å². The first kappa shape index (κ1) is 10.1. The minimum absolute atomic E-state index is 0.0207. The van der Waals surface area contributed by atoms with Gasteiger partial charge in [0.05, 0.1) is 0 Å². The number of H-pyrrole nitrogens is 1. The first-order chi connectivity index (χ1) is 6.98. The maximum Gasteiger partial charge on any atom is 0.230 e. The molecular formula is C6H9N5O3S. The lowest BCUT2D eigenvalue weighted by Crippen LogP contribution is -2.32. The maximum atomic E-state index is 11.4. The second kappa shape index (κ2) is 3.28. The van der Waals surface area contributed by atoms with Gasteiger partial charge in [-0.1, -0.05) is 0 Å². The van der Waals surface area contributed by atoms with E-state index in [0.717, 1.165) is 0 Å². The van der Waals surface area contributed by atoms with Crippen molar-refractivity contribution >= 4 is 21.9 Å². The van der Waals surface area contributed by atoms with Crippen molar-refractivity contribution in [2.45, 2.75) is 11.7 Å². The SMILES string of the molecule is NS(=O)(=O)C1CC(=O)N(c2ncn[nH]2)C1. The third-order valence-electron chi connectivity index (χ3n) is 2.21. The average molecular weight is 231 g/mol.